The van der Waals surface area contributed by atoms with E-state index in [0.29, 0.717) is 24.8 Å². The molecule has 7 unspecified atom stereocenters. The van der Waals surface area contributed by atoms with Crippen LogP contribution in [0.4, 0.5) is 8.78 Å². The van der Waals surface area contributed by atoms with Crippen molar-refractivity contribution in [3.63, 3.8) is 0 Å². The van der Waals surface area contributed by atoms with Crippen molar-refractivity contribution in [2.24, 2.45) is 23.7 Å². The van der Waals surface area contributed by atoms with Gasteiger partial charge in [0.25, 0.3) is 0 Å². The minimum absolute atomic E-state index is 0.00836. The SMILES string of the molecule is CCCCC(NC(=O)C1CCC2C(C3CCC(F)(F)C3)C(C3=COCC3)N(C)C2C1)c1nc2ccc(/C=C/C(=O)O)cc2[nH]1. The quantitative estimate of drug-likeness (QED) is 0.267. The predicted molar refractivity (Wildman–Crippen MR) is 164 cm³/mol. The van der Waals surface area contributed by atoms with Gasteiger partial charge in [0, 0.05) is 43.3 Å². The van der Waals surface area contributed by atoms with Crippen molar-refractivity contribution in [3.8, 4) is 0 Å². The molecule has 1 amide bonds. The Labute approximate surface area is 257 Å². The highest BCUT2D eigenvalue weighted by molar-refractivity contribution is 5.87. The van der Waals surface area contributed by atoms with Crippen molar-refractivity contribution in [2.75, 3.05) is 13.7 Å². The lowest BCUT2D eigenvalue weighted by molar-refractivity contribution is -0.131. The van der Waals surface area contributed by atoms with Gasteiger partial charge in [-0.15, -0.1) is 0 Å². The molecule has 1 aromatic heterocycles. The lowest BCUT2D eigenvalue weighted by atomic mass is 9.68. The Bertz CT molecular complexity index is 1440. The number of likely N-dealkylation sites (tertiary alicyclic amines) is 1. The molecule has 2 aliphatic carbocycles. The second kappa shape index (κ2) is 12.6. The van der Waals surface area contributed by atoms with E-state index in [2.05, 4.69) is 29.2 Å². The number of nitrogens with one attached hydrogen (secondary N) is 2. The van der Waals surface area contributed by atoms with Crippen LogP contribution in [0, 0.1) is 23.7 Å². The van der Waals surface area contributed by atoms with E-state index in [4.69, 9.17) is 14.8 Å². The lowest BCUT2D eigenvalue weighted by Gasteiger charge is -2.36. The van der Waals surface area contributed by atoms with Gasteiger partial charge in [-0.2, -0.15) is 0 Å². The van der Waals surface area contributed by atoms with Crippen molar-refractivity contribution in [1.82, 2.24) is 20.2 Å². The van der Waals surface area contributed by atoms with Gasteiger partial charge in [0.1, 0.15) is 5.82 Å². The van der Waals surface area contributed by atoms with E-state index in [-0.39, 0.29) is 54.6 Å². The first-order valence-corrected chi connectivity index (χ1v) is 16.2. The Morgan fingerprint density at radius 3 is 2.84 bits per heavy atom. The molecule has 7 atom stereocenters. The molecule has 44 heavy (non-hydrogen) atoms. The average molecular weight is 611 g/mol. The number of likely N-dealkylation sites (N-methyl/N-ethyl adjacent to an activating group) is 1. The second-order valence-corrected chi connectivity index (χ2v) is 13.4. The Kier molecular flexibility index (Phi) is 8.81. The molecule has 6 rings (SSSR count). The zero-order valence-electron chi connectivity index (χ0n) is 25.6. The van der Waals surface area contributed by atoms with Crippen molar-refractivity contribution >= 4 is 29.0 Å². The number of aliphatic carboxylic acids is 1. The number of aromatic nitrogens is 2. The number of nitrogens with zero attached hydrogens (tertiary/aromatic N) is 2. The molecule has 8 nitrogen and oxygen atoms in total. The smallest absolute Gasteiger partial charge is 0.328 e. The summed E-state index contributed by atoms with van der Waals surface area (Å²) in [5.41, 5.74) is 3.51. The van der Waals surface area contributed by atoms with Crippen LogP contribution < -0.4 is 5.32 Å². The number of hydrogen-bond donors (Lipinski definition) is 3. The van der Waals surface area contributed by atoms with E-state index in [1.165, 1.54) is 5.57 Å². The first-order valence-electron chi connectivity index (χ1n) is 16.2. The molecule has 2 saturated carbocycles. The fraction of sp³-hybridized carbons (Fsp3) is 0.618. The third-order valence-corrected chi connectivity index (χ3v) is 10.6. The van der Waals surface area contributed by atoms with Gasteiger partial charge in [-0.25, -0.2) is 18.6 Å². The van der Waals surface area contributed by atoms with Crippen molar-refractivity contribution in [3.05, 3.63) is 47.5 Å². The average Bonchev–Trinajstić information content (AvgIpc) is 3.79. The number of carboxylic acids is 1. The molecule has 3 N–H and O–H groups in total. The van der Waals surface area contributed by atoms with Crippen molar-refractivity contribution < 1.29 is 28.2 Å². The Morgan fingerprint density at radius 2 is 2.14 bits per heavy atom. The summed E-state index contributed by atoms with van der Waals surface area (Å²) in [6.45, 7) is 2.77. The third-order valence-electron chi connectivity index (χ3n) is 10.6. The van der Waals surface area contributed by atoms with Crippen LogP contribution in [0.2, 0.25) is 0 Å². The number of amides is 1. The number of aromatic amines is 1. The minimum atomic E-state index is -2.58. The Morgan fingerprint density at radius 1 is 1.30 bits per heavy atom. The summed E-state index contributed by atoms with van der Waals surface area (Å²) >= 11 is 0. The Hall–Kier alpha value is -3.27. The fourth-order valence-electron chi connectivity index (χ4n) is 8.54. The minimum Gasteiger partial charge on any atom is -0.501 e. The number of H-pyrrole nitrogens is 1. The number of hydrogen-bond acceptors (Lipinski definition) is 5. The van der Waals surface area contributed by atoms with Crippen LogP contribution in [0.5, 0.6) is 0 Å². The van der Waals surface area contributed by atoms with Gasteiger partial charge in [-0.1, -0.05) is 25.8 Å². The van der Waals surface area contributed by atoms with E-state index in [9.17, 15) is 18.4 Å². The van der Waals surface area contributed by atoms with E-state index in [1.807, 2.05) is 24.5 Å². The van der Waals surface area contributed by atoms with Crippen LogP contribution in [0.3, 0.4) is 0 Å². The van der Waals surface area contributed by atoms with Gasteiger partial charge < -0.3 is 20.1 Å². The van der Waals surface area contributed by atoms with Crippen LogP contribution in [0.25, 0.3) is 17.1 Å². The summed E-state index contributed by atoms with van der Waals surface area (Å²) < 4.78 is 34.4. The van der Waals surface area contributed by atoms with Gasteiger partial charge >= 0.3 is 5.97 Å². The largest absolute Gasteiger partial charge is 0.501 e. The zero-order valence-corrected chi connectivity index (χ0v) is 25.6. The molecule has 1 saturated heterocycles. The van der Waals surface area contributed by atoms with E-state index < -0.39 is 11.9 Å². The molecule has 2 aliphatic heterocycles. The number of carbonyl (C=O) groups excluding carboxylic acids is 1. The van der Waals surface area contributed by atoms with Crippen molar-refractivity contribution in [2.45, 2.75) is 95.2 Å². The van der Waals surface area contributed by atoms with Gasteiger partial charge in [0.05, 0.1) is 29.9 Å². The third kappa shape index (κ3) is 6.28. The summed E-state index contributed by atoms with van der Waals surface area (Å²) in [6.07, 6.45) is 10.9. The van der Waals surface area contributed by atoms with Crippen LogP contribution >= 0.6 is 0 Å². The first kappa shape index (κ1) is 30.7. The number of ether oxygens (including phenoxy) is 1. The normalized spacial score (nSPS) is 30.8. The number of alkyl halides is 2. The molecular weight excluding hydrogens is 566 g/mol. The van der Waals surface area contributed by atoms with Crippen LogP contribution in [-0.2, 0) is 14.3 Å². The number of imidazole rings is 1. The molecule has 0 spiro atoms. The van der Waals surface area contributed by atoms with E-state index >= 15 is 0 Å². The maximum atomic E-state index is 14.4. The van der Waals surface area contributed by atoms with Gasteiger partial charge in [0.2, 0.25) is 11.8 Å². The number of halogens is 2. The summed E-state index contributed by atoms with van der Waals surface area (Å²) in [5, 5.41) is 12.3. The van der Waals surface area contributed by atoms with Gasteiger partial charge in [-0.05, 0) is 86.3 Å². The zero-order chi connectivity index (χ0) is 31.0. The number of carboxylic acid groups (broad SMARTS) is 1. The Balaban J connectivity index is 1.18. The topological polar surface area (TPSA) is 108 Å². The van der Waals surface area contributed by atoms with Crippen LogP contribution in [0.1, 0.15) is 88.6 Å². The van der Waals surface area contributed by atoms with Crippen LogP contribution in [-0.4, -0.2) is 63.5 Å². The number of unbranched alkanes of at least 4 members (excludes halogenated alkanes) is 1. The maximum absolute atomic E-state index is 14.4. The monoisotopic (exact) mass is 610 g/mol. The highest BCUT2D eigenvalue weighted by Crippen LogP contribution is 2.55. The molecule has 2 aromatic rings. The summed E-state index contributed by atoms with van der Waals surface area (Å²) in [6, 6.07) is 5.53. The lowest BCUT2D eigenvalue weighted by Crippen LogP contribution is -2.43. The number of rotatable bonds is 10. The van der Waals surface area contributed by atoms with E-state index in [0.717, 1.165) is 67.6 Å². The second-order valence-electron chi connectivity index (χ2n) is 13.4. The maximum Gasteiger partial charge on any atom is 0.328 e. The van der Waals surface area contributed by atoms with Gasteiger partial charge in [0.15, 0.2) is 0 Å². The van der Waals surface area contributed by atoms with E-state index in [1.54, 1.807) is 6.08 Å². The molecule has 10 heteroatoms. The molecule has 3 heterocycles. The molecule has 238 valence electrons. The fourth-order valence-corrected chi connectivity index (χ4v) is 8.54. The summed E-state index contributed by atoms with van der Waals surface area (Å²) in [7, 11) is 2.12. The molecule has 3 fully saturated rings. The van der Waals surface area contributed by atoms with Crippen LogP contribution in [0.15, 0.2) is 36.1 Å². The number of carbonyl (C=O) groups is 2. The number of fused-ring (bicyclic) bond motifs is 2. The molecule has 4 aliphatic rings. The first-order chi connectivity index (χ1) is 21.1. The van der Waals surface area contributed by atoms with Crippen molar-refractivity contribution in [1.29, 1.82) is 0 Å². The number of benzene rings is 1. The molecule has 0 radical (unpaired) electrons. The molecule has 0 bridgehead atoms. The summed E-state index contributed by atoms with van der Waals surface area (Å²) in [4.78, 5) is 35.3. The molecular formula is C34H44F2N4O4. The predicted octanol–water partition coefficient (Wildman–Crippen LogP) is 6.46. The van der Waals surface area contributed by atoms with Gasteiger partial charge in [-0.3, -0.25) is 9.69 Å². The highest BCUT2D eigenvalue weighted by Gasteiger charge is 2.56. The molecule has 1 aromatic carbocycles. The summed E-state index contributed by atoms with van der Waals surface area (Å²) in [5.74, 6) is -2.56. The highest BCUT2D eigenvalue weighted by atomic mass is 19.3. The standard InChI is InChI=1S/C34H44F2N4O4/c1-3-4-5-26(32-37-25-10-6-20(7-11-29(41)42)16-27(25)38-32)39-33(43)21-8-9-24-28(17-21)40(2)31(23-13-15-44-19-23)30(24)22-12-14-34(35,36)18-22/h6-7,10-11,16,19,21-22,24,26,28,30-31H,3-5,8-9,12-15,17-18H2,1-2H3,(H,37,38)(H,39,43)(H,41,42)/b11-7+.